The lowest BCUT2D eigenvalue weighted by atomic mass is 10.0. The number of carbonyl (C=O) groups excluding carboxylic acids is 1. The van der Waals surface area contributed by atoms with E-state index in [1.165, 1.54) is 38.1 Å². The van der Waals surface area contributed by atoms with Gasteiger partial charge in [0.05, 0.1) is 11.3 Å². The normalized spacial score (nSPS) is 12.3. The molecule has 1 aromatic heterocycles. The fourth-order valence-corrected chi connectivity index (χ4v) is 4.24. The number of sulfone groups is 1. The number of halogens is 1. The van der Waals surface area contributed by atoms with Gasteiger partial charge in [-0.1, -0.05) is 35.9 Å². The van der Waals surface area contributed by atoms with E-state index in [9.17, 15) is 13.2 Å². The quantitative estimate of drug-likeness (QED) is 0.656. The van der Waals surface area contributed by atoms with E-state index >= 15 is 0 Å². The zero-order valence-electron chi connectivity index (χ0n) is 14.4. The monoisotopic (exact) mass is 387 g/mol. The molecule has 2 aromatic carbocycles. The molecule has 0 aliphatic rings. The molecule has 1 heterocycles. The summed E-state index contributed by atoms with van der Waals surface area (Å²) >= 11 is 5.82. The summed E-state index contributed by atoms with van der Waals surface area (Å²) in [6.07, 6.45) is 1.64. The highest BCUT2D eigenvalue weighted by molar-refractivity contribution is 7.93. The molecular formula is C20H18ClNO3S. The predicted molar refractivity (Wildman–Crippen MR) is 103 cm³/mol. The van der Waals surface area contributed by atoms with Crippen LogP contribution in [0.25, 0.3) is 10.8 Å². The van der Waals surface area contributed by atoms with E-state index in [0.29, 0.717) is 10.7 Å². The lowest BCUT2D eigenvalue weighted by Gasteiger charge is -2.23. The highest BCUT2D eigenvalue weighted by Crippen LogP contribution is 2.28. The number of benzene rings is 2. The Morgan fingerprint density at radius 2 is 1.65 bits per heavy atom. The van der Waals surface area contributed by atoms with Gasteiger partial charge in [0, 0.05) is 22.3 Å². The van der Waals surface area contributed by atoms with Crippen LogP contribution in [0.3, 0.4) is 0 Å². The maximum Gasteiger partial charge on any atom is 0.190 e. The maximum absolute atomic E-state index is 12.9. The average molecular weight is 388 g/mol. The molecule has 0 saturated carbocycles. The second-order valence-corrected chi connectivity index (χ2v) is 9.53. The Morgan fingerprint density at radius 3 is 2.31 bits per heavy atom. The molecule has 0 aliphatic heterocycles. The molecule has 0 unspecified atom stereocenters. The summed E-state index contributed by atoms with van der Waals surface area (Å²) in [5.41, 5.74) is 0.549. The molecule has 0 atom stereocenters. The molecule has 26 heavy (non-hydrogen) atoms. The number of aromatic nitrogens is 1. The van der Waals surface area contributed by atoms with Crippen molar-refractivity contribution in [2.45, 2.75) is 29.9 Å². The molecule has 0 radical (unpaired) electrons. The molecule has 0 aliphatic carbocycles. The number of hydrogen-bond donors (Lipinski definition) is 0. The van der Waals surface area contributed by atoms with Crippen LogP contribution < -0.4 is 0 Å². The first-order valence-corrected chi connectivity index (χ1v) is 9.95. The fourth-order valence-electron chi connectivity index (χ4n) is 2.66. The smallest absolute Gasteiger partial charge is 0.190 e. The van der Waals surface area contributed by atoms with E-state index in [4.69, 9.17) is 11.6 Å². The minimum Gasteiger partial charge on any atom is -0.298 e. The number of carbonyl (C=O) groups is 1. The minimum atomic E-state index is -3.85. The van der Waals surface area contributed by atoms with E-state index in [0.717, 1.165) is 10.8 Å². The van der Waals surface area contributed by atoms with Crippen molar-refractivity contribution in [1.29, 1.82) is 0 Å². The first kappa shape index (κ1) is 18.5. The Hall–Kier alpha value is -2.24. The van der Waals surface area contributed by atoms with E-state index in [-0.39, 0.29) is 11.3 Å². The van der Waals surface area contributed by atoms with Crippen LogP contribution in [0.1, 0.15) is 19.5 Å². The second kappa shape index (κ2) is 6.82. The lowest BCUT2D eigenvalue weighted by molar-refractivity contribution is -0.120. The maximum atomic E-state index is 12.9. The molecule has 0 amide bonds. The average Bonchev–Trinajstić information content (AvgIpc) is 2.61. The van der Waals surface area contributed by atoms with Crippen molar-refractivity contribution in [3.05, 3.63) is 71.5 Å². The van der Waals surface area contributed by atoms with E-state index in [1.807, 2.05) is 30.3 Å². The van der Waals surface area contributed by atoms with Crippen LogP contribution >= 0.6 is 11.6 Å². The number of ketones is 1. The first-order chi connectivity index (χ1) is 12.2. The molecule has 0 fully saturated rings. The molecule has 4 nitrogen and oxygen atoms in total. The van der Waals surface area contributed by atoms with Crippen molar-refractivity contribution in [3.63, 3.8) is 0 Å². The van der Waals surface area contributed by atoms with Gasteiger partial charge in [0.1, 0.15) is 4.75 Å². The number of fused-ring (bicyclic) bond motifs is 1. The van der Waals surface area contributed by atoms with Crippen molar-refractivity contribution in [2.75, 3.05) is 0 Å². The number of rotatable bonds is 5. The molecule has 0 spiro atoms. The molecule has 6 heteroatoms. The van der Waals surface area contributed by atoms with Crippen LogP contribution in [0, 0.1) is 0 Å². The summed E-state index contributed by atoms with van der Waals surface area (Å²) < 4.78 is 24.3. The molecular weight excluding hydrogens is 370 g/mol. The summed E-state index contributed by atoms with van der Waals surface area (Å²) in [7, 11) is -3.85. The van der Waals surface area contributed by atoms with Gasteiger partial charge in [0.25, 0.3) is 0 Å². The number of nitrogens with zero attached hydrogens (tertiary/aromatic N) is 1. The number of Topliss-reactive ketones (excluding diaryl/α,β-unsaturated/α-hetero) is 1. The molecule has 3 rings (SSSR count). The molecule has 0 saturated heterocycles. The highest BCUT2D eigenvalue weighted by atomic mass is 35.5. The van der Waals surface area contributed by atoms with Crippen molar-refractivity contribution in [3.8, 4) is 0 Å². The van der Waals surface area contributed by atoms with Gasteiger partial charge in [-0.25, -0.2) is 8.42 Å². The molecule has 0 N–H and O–H groups in total. The van der Waals surface area contributed by atoms with E-state index < -0.39 is 20.4 Å². The second-order valence-electron chi connectivity index (χ2n) is 6.59. The zero-order valence-corrected chi connectivity index (χ0v) is 16.0. The molecule has 3 aromatic rings. The van der Waals surface area contributed by atoms with E-state index in [1.54, 1.807) is 6.20 Å². The lowest BCUT2D eigenvalue weighted by Crippen LogP contribution is -2.41. The van der Waals surface area contributed by atoms with Crippen LogP contribution in [0.2, 0.25) is 5.02 Å². The Kier molecular flexibility index (Phi) is 4.86. The largest absolute Gasteiger partial charge is 0.298 e. The fraction of sp³-hybridized carbons (Fsp3) is 0.200. The summed E-state index contributed by atoms with van der Waals surface area (Å²) in [4.78, 5) is 17.2. The third kappa shape index (κ3) is 3.37. The SMILES string of the molecule is CC(C)(C(=O)Cc1cc2ccccc2cn1)S(=O)(=O)c1ccc(Cl)cc1. The third-order valence-electron chi connectivity index (χ3n) is 4.50. The van der Waals surface area contributed by atoms with Crippen LogP contribution in [-0.2, 0) is 21.1 Å². The number of pyridine rings is 1. The van der Waals surface area contributed by atoms with Gasteiger partial charge in [0.2, 0.25) is 0 Å². The van der Waals surface area contributed by atoms with Crippen molar-refractivity contribution in [1.82, 2.24) is 4.98 Å². The Balaban J connectivity index is 1.90. The standard InChI is InChI=1S/C20H18ClNO3S/c1-20(2,26(24,25)18-9-7-16(21)8-10-18)19(23)12-17-11-14-5-3-4-6-15(14)13-22-17/h3-11,13H,12H2,1-2H3. The Labute approximate surface area is 157 Å². The number of hydrogen-bond acceptors (Lipinski definition) is 4. The molecule has 134 valence electrons. The van der Waals surface area contributed by atoms with Gasteiger partial charge >= 0.3 is 0 Å². The van der Waals surface area contributed by atoms with Crippen LogP contribution in [0.5, 0.6) is 0 Å². The van der Waals surface area contributed by atoms with Gasteiger partial charge in [-0.05, 0) is 49.6 Å². The van der Waals surface area contributed by atoms with Crippen LogP contribution in [0.15, 0.2) is 65.7 Å². The van der Waals surface area contributed by atoms with E-state index in [2.05, 4.69) is 4.98 Å². The van der Waals surface area contributed by atoms with Crippen LogP contribution in [0.4, 0.5) is 0 Å². The minimum absolute atomic E-state index is 0.0509. The van der Waals surface area contributed by atoms with Crippen molar-refractivity contribution < 1.29 is 13.2 Å². The summed E-state index contributed by atoms with van der Waals surface area (Å²) in [6, 6.07) is 15.3. The van der Waals surface area contributed by atoms with Crippen molar-refractivity contribution in [2.24, 2.45) is 0 Å². The topological polar surface area (TPSA) is 64.1 Å². The summed E-state index contributed by atoms with van der Waals surface area (Å²) in [5, 5.41) is 2.37. The van der Waals surface area contributed by atoms with Gasteiger partial charge in [-0.3, -0.25) is 9.78 Å². The Morgan fingerprint density at radius 1 is 1.04 bits per heavy atom. The first-order valence-electron chi connectivity index (χ1n) is 8.09. The van der Waals surface area contributed by atoms with Gasteiger partial charge in [-0.15, -0.1) is 0 Å². The van der Waals surface area contributed by atoms with Gasteiger partial charge in [0.15, 0.2) is 15.6 Å². The predicted octanol–water partition coefficient (Wildman–Crippen LogP) is 4.25. The van der Waals surface area contributed by atoms with Crippen LogP contribution in [-0.4, -0.2) is 23.9 Å². The highest BCUT2D eigenvalue weighted by Gasteiger charge is 2.42. The van der Waals surface area contributed by atoms with Crippen molar-refractivity contribution >= 4 is 38.0 Å². The Bertz CT molecular complexity index is 1070. The third-order valence-corrected chi connectivity index (χ3v) is 7.21. The van der Waals surface area contributed by atoms with Gasteiger partial charge in [-0.2, -0.15) is 0 Å². The zero-order chi connectivity index (χ0) is 18.9. The summed E-state index contributed by atoms with van der Waals surface area (Å²) in [6.45, 7) is 2.86. The summed E-state index contributed by atoms with van der Waals surface area (Å²) in [5.74, 6) is -0.407. The van der Waals surface area contributed by atoms with Gasteiger partial charge < -0.3 is 0 Å². The molecule has 0 bridgehead atoms.